The van der Waals surface area contributed by atoms with Crippen LogP contribution in [0.4, 0.5) is 10.5 Å². The van der Waals surface area contributed by atoms with Gasteiger partial charge in [0.1, 0.15) is 6.04 Å². The summed E-state index contributed by atoms with van der Waals surface area (Å²) >= 11 is 0. The number of allylic oxidation sites excluding steroid dienone is 1. The summed E-state index contributed by atoms with van der Waals surface area (Å²) in [7, 11) is 0. The summed E-state index contributed by atoms with van der Waals surface area (Å²) in [6, 6.07) is 7.04. The second kappa shape index (κ2) is 5.44. The van der Waals surface area contributed by atoms with Crippen LogP contribution in [0, 0.1) is 0 Å². The smallest absolute Gasteiger partial charge is 0.414 e. The minimum absolute atomic E-state index is 0.0147. The zero-order valence-electron chi connectivity index (χ0n) is 14.3. The Hall–Kier alpha value is -2.63. The average Bonchev–Trinajstić information content (AvgIpc) is 3.12. The lowest BCUT2D eigenvalue weighted by Crippen LogP contribution is -2.54. The van der Waals surface area contributed by atoms with Gasteiger partial charge in [0.25, 0.3) is 0 Å². The maximum atomic E-state index is 12.8. The standard InChI is InChI=1S/C19H20N2O4/c1-3-25-18(24)20-11-10-19-13-6-4-5-7-14(13)21(12(2)22)17(19)15(23)8-9-16(19)20/h4-7,9,17H,3,8,10-11H2,1-2H3/t17-,19+/m0/s1. The van der Waals surface area contributed by atoms with Gasteiger partial charge in [-0.05, 0) is 25.0 Å². The number of anilines is 1. The van der Waals surface area contributed by atoms with E-state index in [1.807, 2.05) is 30.3 Å². The van der Waals surface area contributed by atoms with Crippen LogP contribution in [0.15, 0.2) is 36.0 Å². The number of ether oxygens (including phenoxy) is 1. The van der Waals surface area contributed by atoms with Crippen molar-refractivity contribution in [1.29, 1.82) is 0 Å². The fourth-order valence-electron chi connectivity index (χ4n) is 4.66. The molecule has 0 saturated carbocycles. The number of carbonyl (C=O) groups is 3. The lowest BCUT2D eigenvalue weighted by atomic mass is 9.69. The zero-order chi connectivity index (χ0) is 17.8. The van der Waals surface area contributed by atoms with Crippen LogP contribution in [0.25, 0.3) is 0 Å². The molecule has 4 rings (SSSR count). The predicted molar refractivity (Wildman–Crippen MR) is 91.1 cm³/mol. The van der Waals surface area contributed by atoms with Crippen LogP contribution in [-0.4, -0.2) is 41.9 Å². The molecule has 2 aliphatic heterocycles. The van der Waals surface area contributed by atoms with Gasteiger partial charge < -0.3 is 9.64 Å². The van der Waals surface area contributed by atoms with Crippen molar-refractivity contribution in [1.82, 2.24) is 4.90 Å². The van der Waals surface area contributed by atoms with Crippen molar-refractivity contribution >= 4 is 23.5 Å². The van der Waals surface area contributed by atoms with E-state index in [-0.39, 0.29) is 18.1 Å². The van der Waals surface area contributed by atoms with Crippen LogP contribution in [0.2, 0.25) is 0 Å². The van der Waals surface area contributed by atoms with E-state index in [0.717, 1.165) is 16.9 Å². The van der Waals surface area contributed by atoms with Crippen LogP contribution >= 0.6 is 0 Å². The quantitative estimate of drug-likeness (QED) is 0.787. The molecule has 130 valence electrons. The Morgan fingerprint density at radius 1 is 1.32 bits per heavy atom. The van der Waals surface area contributed by atoms with Crippen LogP contribution in [0.3, 0.4) is 0 Å². The van der Waals surface area contributed by atoms with E-state index in [2.05, 4.69) is 0 Å². The van der Waals surface area contributed by atoms with Gasteiger partial charge in [-0.3, -0.25) is 14.5 Å². The van der Waals surface area contributed by atoms with Gasteiger partial charge in [-0.25, -0.2) is 4.79 Å². The summed E-state index contributed by atoms with van der Waals surface area (Å²) in [5.74, 6) is -0.139. The second-order valence-corrected chi connectivity index (χ2v) is 6.64. The maximum absolute atomic E-state index is 12.8. The number of nitrogens with zero attached hydrogens (tertiary/aromatic N) is 2. The van der Waals surface area contributed by atoms with E-state index in [4.69, 9.17) is 4.74 Å². The van der Waals surface area contributed by atoms with Gasteiger partial charge in [0.2, 0.25) is 5.91 Å². The Kier molecular flexibility index (Phi) is 3.45. The highest BCUT2D eigenvalue weighted by Gasteiger charge is 2.62. The number of para-hydroxylation sites is 1. The number of carbonyl (C=O) groups excluding carboxylic acids is 3. The SMILES string of the molecule is CCOC(=O)N1CC[C@@]23C1=CCC(=O)[C@@H]2N(C(C)=O)c1ccccc13. The summed E-state index contributed by atoms with van der Waals surface area (Å²) in [5, 5.41) is 0. The number of hydrogen-bond donors (Lipinski definition) is 0. The van der Waals surface area contributed by atoms with Crippen molar-refractivity contribution < 1.29 is 19.1 Å². The first-order valence-corrected chi connectivity index (χ1v) is 8.59. The van der Waals surface area contributed by atoms with Crippen molar-refractivity contribution in [3.8, 4) is 0 Å². The van der Waals surface area contributed by atoms with Crippen molar-refractivity contribution in [3.63, 3.8) is 0 Å². The molecule has 6 nitrogen and oxygen atoms in total. The molecule has 1 spiro atoms. The maximum Gasteiger partial charge on any atom is 0.414 e. The number of ketones is 1. The molecule has 0 unspecified atom stereocenters. The topological polar surface area (TPSA) is 66.9 Å². The minimum atomic E-state index is -0.648. The molecule has 0 bridgehead atoms. The van der Waals surface area contributed by atoms with Gasteiger partial charge in [0, 0.05) is 31.3 Å². The number of hydrogen-bond acceptors (Lipinski definition) is 4. The first-order valence-electron chi connectivity index (χ1n) is 8.59. The minimum Gasteiger partial charge on any atom is -0.449 e. The van der Waals surface area contributed by atoms with Crippen molar-refractivity contribution in [3.05, 3.63) is 41.6 Å². The van der Waals surface area contributed by atoms with Crippen LogP contribution in [0.5, 0.6) is 0 Å². The second-order valence-electron chi connectivity index (χ2n) is 6.64. The molecule has 1 aromatic rings. The Balaban J connectivity index is 1.91. The molecule has 1 aromatic carbocycles. The highest BCUT2D eigenvalue weighted by Crippen LogP contribution is 2.57. The molecule has 2 amide bonds. The molecule has 0 N–H and O–H groups in total. The summed E-state index contributed by atoms with van der Waals surface area (Å²) in [6.07, 6.45) is 2.27. The average molecular weight is 340 g/mol. The fraction of sp³-hybridized carbons (Fsp3) is 0.421. The van der Waals surface area contributed by atoms with Crippen LogP contribution in [-0.2, 0) is 19.7 Å². The number of benzene rings is 1. The molecule has 25 heavy (non-hydrogen) atoms. The number of fused-ring (bicyclic) bond motifs is 1. The van der Waals surface area contributed by atoms with Crippen LogP contribution < -0.4 is 4.90 Å². The van der Waals surface area contributed by atoms with E-state index in [1.54, 1.807) is 16.7 Å². The molecule has 0 aromatic heterocycles. The Labute approximate surface area is 146 Å². The predicted octanol–water partition coefficient (Wildman–Crippen LogP) is 2.38. The Bertz CT molecular complexity index is 815. The molecule has 2 heterocycles. The molecule has 2 atom stereocenters. The lowest BCUT2D eigenvalue weighted by molar-refractivity contribution is -0.125. The Morgan fingerprint density at radius 3 is 2.80 bits per heavy atom. The van der Waals surface area contributed by atoms with Crippen molar-refractivity contribution in [2.45, 2.75) is 38.1 Å². The number of rotatable bonds is 1. The van der Waals surface area contributed by atoms with Crippen molar-refractivity contribution in [2.24, 2.45) is 0 Å². The molecular weight excluding hydrogens is 320 g/mol. The third-order valence-electron chi connectivity index (χ3n) is 5.48. The molecule has 6 heteroatoms. The zero-order valence-corrected chi connectivity index (χ0v) is 14.3. The first kappa shape index (κ1) is 15.9. The van der Waals surface area contributed by atoms with Gasteiger partial charge in [-0.2, -0.15) is 0 Å². The molecule has 1 aliphatic carbocycles. The van der Waals surface area contributed by atoms with Gasteiger partial charge in [-0.1, -0.05) is 24.3 Å². The molecule has 3 aliphatic rings. The number of Topliss-reactive ketones (excluding diaryl/α,β-unsaturated/α-hetero) is 1. The van der Waals surface area contributed by atoms with Crippen LogP contribution in [0.1, 0.15) is 32.3 Å². The van der Waals surface area contributed by atoms with E-state index >= 15 is 0 Å². The highest BCUT2D eigenvalue weighted by atomic mass is 16.6. The molecular formula is C19H20N2O4. The van der Waals surface area contributed by atoms with E-state index in [9.17, 15) is 14.4 Å². The summed E-state index contributed by atoms with van der Waals surface area (Å²) in [4.78, 5) is 40.8. The lowest BCUT2D eigenvalue weighted by Gasteiger charge is -2.38. The van der Waals surface area contributed by atoms with Crippen molar-refractivity contribution in [2.75, 3.05) is 18.1 Å². The van der Waals surface area contributed by atoms with Gasteiger partial charge >= 0.3 is 6.09 Å². The summed E-state index contributed by atoms with van der Waals surface area (Å²) in [6.45, 7) is 4.04. The summed E-state index contributed by atoms with van der Waals surface area (Å²) < 4.78 is 5.19. The Morgan fingerprint density at radius 2 is 2.08 bits per heavy atom. The third kappa shape index (κ3) is 1.94. The fourth-order valence-corrected chi connectivity index (χ4v) is 4.66. The van der Waals surface area contributed by atoms with E-state index in [1.165, 1.54) is 6.92 Å². The highest BCUT2D eigenvalue weighted by molar-refractivity contribution is 6.07. The third-order valence-corrected chi connectivity index (χ3v) is 5.48. The largest absolute Gasteiger partial charge is 0.449 e. The molecule has 1 saturated heterocycles. The summed E-state index contributed by atoms with van der Waals surface area (Å²) in [5.41, 5.74) is 1.87. The molecule has 1 fully saturated rings. The van der Waals surface area contributed by atoms with Gasteiger partial charge in [-0.15, -0.1) is 0 Å². The number of likely N-dealkylation sites (tertiary alicyclic amines) is 1. The van der Waals surface area contributed by atoms with Gasteiger partial charge in [0.05, 0.1) is 12.0 Å². The normalized spacial score (nSPS) is 26.7. The molecule has 0 radical (unpaired) electrons. The number of amides is 2. The van der Waals surface area contributed by atoms with E-state index < -0.39 is 17.6 Å². The first-order chi connectivity index (χ1) is 12.0. The van der Waals surface area contributed by atoms with Gasteiger partial charge in [0.15, 0.2) is 5.78 Å². The van der Waals surface area contributed by atoms with E-state index in [0.29, 0.717) is 19.6 Å². The monoisotopic (exact) mass is 340 g/mol.